The summed E-state index contributed by atoms with van der Waals surface area (Å²) in [5.41, 5.74) is 2.44. The molecule has 0 saturated carbocycles. The number of carbonyl (C=O) groups excluding carboxylic acids is 3. The number of amides is 2. The zero-order valence-electron chi connectivity index (χ0n) is 23.6. The molecule has 2 amide bonds. The van der Waals surface area contributed by atoms with Crippen LogP contribution in [0.4, 0.5) is 0 Å². The first-order valence-corrected chi connectivity index (χ1v) is 15.9. The van der Waals surface area contributed by atoms with Gasteiger partial charge in [0.1, 0.15) is 6.04 Å². The van der Waals surface area contributed by atoms with Gasteiger partial charge in [0.2, 0.25) is 11.8 Å². The second-order valence-corrected chi connectivity index (χ2v) is 12.5. The number of nitrogens with one attached hydrogen (secondary N) is 1. The quantitative estimate of drug-likeness (QED) is 0.220. The highest BCUT2D eigenvalue weighted by atomic mass is 35.5. The maximum Gasteiger partial charge on any atom is 0.243 e. The Morgan fingerprint density at radius 1 is 0.884 bits per heavy atom. The van der Waals surface area contributed by atoms with E-state index in [4.69, 9.17) is 16.3 Å². The third-order valence-corrected chi connectivity index (χ3v) is 9.55. The second-order valence-electron chi connectivity index (χ2n) is 11.1. The predicted molar refractivity (Wildman–Crippen MR) is 168 cm³/mol. The standard InChI is InChI=1S/C35H33ClN2O4S/c36-26-17-15-24(16-18-26)30-31(34(40)28-14-8-20-43-28)32(25-11-5-2-6-12-25)38(29(39)21-23-9-3-1-4-10-23)33(30)35(41)37-22-27-13-7-19-42-27/h1-6,8-12,14-18,20,27,30-33H,7,13,19,21-22H2,(H,37,41). The molecule has 2 fully saturated rings. The van der Waals surface area contributed by atoms with Gasteiger partial charge in [-0.05, 0) is 53.1 Å². The van der Waals surface area contributed by atoms with Crippen molar-refractivity contribution in [2.45, 2.75) is 43.4 Å². The molecule has 3 aromatic carbocycles. The van der Waals surface area contributed by atoms with Crippen molar-refractivity contribution in [2.24, 2.45) is 5.92 Å². The number of hydrogen-bond donors (Lipinski definition) is 1. The first-order valence-electron chi connectivity index (χ1n) is 14.6. The molecule has 2 aliphatic heterocycles. The number of carbonyl (C=O) groups is 3. The molecule has 0 radical (unpaired) electrons. The summed E-state index contributed by atoms with van der Waals surface area (Å²) in [5, 5.41) is 5.53. The molecule has 43 heavy (non-hydrogen) atoms. The van der Waals surface area contributed by atoms with Gasteiger partial charge in [-0.1, -0.05) is 90.5 Å². The molecule has 220 valence electrons. The highest BCUT2D eigenvalue weighted by Gasteiger charge is 2.57. The highest BCUT2D eigenvalue weighted by Crippen LogP contribution is 2.52. The first kappa shape index (κ1) is 29.3. The molecule has 0 spiro atoms. The average Bonchev–Trinajstić information content (AvgIpc) is 3.82. The third kappa shape index (κ3) is 6.30. The van der Waals surface area contributed by atoms with Gasteiger partial charge in [-0.3, -0.25) is 14.4 Å². The molecule has 6 rings (SSSR count). The summed E-state index contributed by atoms with van der Waals surface area (Å²) < 4.78 is 5.78. The van der Waals surface area contributed by atoms with Gasteiger partial charge in [0, 0.05) is 24.1 Å². The van der Waals surface area contributed by atoms with E-state index in [-0.39, 0.29) is 30.1 Å². The maximum absolute atomic E-state index is 14.5. The summed E-state index contributed by atoms with van der Waals surface area (Å²) >= 11 is 7.66. The molecular formula is C35H33ClN2O4S. The van der Waals surface area contributed by atoms with Gasteiger partial charge in [0.25, 0.3) is 0 Å². The lowest BCUT2D eigenvalue weighted by Gasteiger charge is -2.32. The van der Waals surface area contributed by atoms with Crippen molar-refractivity contribution in [3.05, 3.63) is 129 Å². The number of benzene rings is 3. The van der Waals surface area contributed by atoms with E-state index in [2.05, 4.69) is 5.32 Å². The van der Waals surface area contributed by atoms with Gasteiger partial charge < -0.3 is 15.0 Å². The lowest BCUT2D eigenvalue weighted by Crippen LogP contribution is -2.50. The molecule has 4 aromatic rings. The summed E-state index contributed by atoms with van der Waals surface area (Å²) in [5.74, 6) is -1.91. The Bertz CT molecular complexity index is 1540. The molecule has 5 atom stereocenters. The van der Waals surface area contributed by atoms with E-state index < -0.39 is 23.9 Å². The molecule has 5 unspecified atom stereocenters. The van der Waals surface area contributed by atoms with Crippen molar-refractivity contribution >= 4 is 40.5 Å². The van der Waals surface area contributed by atoms with Crippen LogP contribution < -0.4 is 5.32 Å². The Morgan fingerprint density at radius 2 is 1.60 bits per heavy atom. The van der Waals surface area contributed by atoms with Crippen LogP contribution in [0.2, 0.25) is 5.02 Å². The van der Waals surface area contributed by atoms with Crippen molar-refractivity contribution in [2.75, 3.05) is 13.2 Å². The van der Waals surface area contributed by atoms with E-state index in [0.717, 1.165) is 29.5 Å². The fraction of sp³-hybridized carbons (Fsp3) is 0.286. The van der Waals surface area contributed by atoms with Crippen LogP contribution in [0, 0.1) is 5.92 Å². The summed E-state index contributed by atoms with van der Waals surface area (Å²) in [6.07, 6.45) is 1.86. The average molecular weight is 613 g/mol. The van der Waals surface area contributed by atoms with E-state index >= 15 is 0 Å². The second kappa shape index (κ2) is 13.2. The molecule has 3 heterocycles. The lowest BCUT2D eigenvalue weighted by molar-refractivity contribution is -0.140. The minimum Gasteiger partial charge on any atom is -0.376 e. The van der Waals surface area contributed by atoms with E-state index in [9.17, 15) is 14.4 Å². The normalized spacial score (nSPS) is 23.3. The van der Waals surface area contributed by atoms with E-state index in [1.165, 1.54) is 11.3 Å². The molecule has 8 heteroatoms. The number of nitrogens with zero attached hydrogens (tertiary/aromatic N) is 1. The number of ketones is 1. The van der Waals surface area contributed by atoms with Crippen LogP contribution in [0.1, 0.15) is 51.2 Å². The molecule has 1 aromatic heterocycles. The SMILES string of the molecule is O=C(c1cccs1)C1C(c2ccc(Cl)cc2)C(C(=O)NCC2CCCO2)N(C(=O)Cc2ccccc2)C1c1ccccc1. The van der Waals surface area contributed by atoms with Gasteiger partial charge in [-0.2, -0.15) is 0 Å². The molecule has 2 aliphatic rings. The number of Topliss-reactive ketones (excluding diaryl/α,β-unsaturated/α-hetero) is 1. The number of likely N-dealkylation sites (tertiary alicyclic amines) is 1. The van der Waals surface area contributed by atoms with E-state index in [1.54, 1.807) is 17.0 Å². The number of halogens is 1. The Kier molecular flexibility index (Phi) is 9.03. The number of rotatable bonds is 9. The van der Waals surface area contributed by atoms with E-state index in [1.807, 2.05) is 90.3 Å². The summed E-state index contributed by atoms with van der Waals surface area (Å²) in [6.45, 7) is 1.02. The Balaban J connectivity index is 1.50. The zero-order valence-corrected chi connectivity index (χ0v) is 25.2. The van der Waals surface area contributed by atoms with Crippen LogP contribution in [-0.4, -0.2) is 47.8 Å². The third-order valence-electron chi connectivity index (χ3n) is 8.41. The molecule has 0 aliphatic carbocycles. The predicted octanol–water partition coefficient (Wildman–Crippen LogP) is 6.47. The van der Waals surface area contributed by atoms with Gasteiger partial charge in [0.15, 0.2) is 5.78 Å². The van der Waals surface area contributed by atoms with Crippen molar-refractivity contribution in [3.63, 3.8) is 0 Å². The number of ether oxygens (including phenoxy) is 1. The zero-order chi connectivity index (χ0) is 29.8. The Morgan fingerprint density at radius 3 is 2.26 bits per heavy atom. The minimum absolute atomic E-state index is 0.0683. The molecular weight excluding hydrogens is 580 g/mol. The fourth-order valence-electron chi connectivity index (χ4n) is 6.48. The van der Waals surface area contributed by atoms with Gasteiger partial charge >= 0.3 is 0 Å². The van der Waals surface area contributed by atoms with Crippen molar-refractivity contribution < 1.29 is 19.1 Å². The van der Waals surface area contributed by atoms with Crippen molar-refractivity contribution in [1.29, 1.82) is 0 Å². The van der Waals surface area contributed by atoms with E-state index in [0.29, 0.717) is 23.1 Å². The van der Waals surface area contributed by atoms with Gasteiger partial charge in [0.05, 0.1) is 29.4 Å². The van der Waals surface area contributed by atoms with Crippen LogP contribution in [-0.2, 0) is 20.7 Å². The highest BCUT2D eigenvalue weighted by molar-refractivity contribution is 7.12. The Hall–Kier alpha value is -3.78. The first-order chi connectivity index (χ1) is 21.0. The van der Waals surface area contributed by atoms with Crippen LogP contribution in [0.5, 0.6) is 0 Å². The van der Waals surface area contributed by atoms with Gasteiger partial charge in [-0.15, -0.1) is 11.3 Å². The van der Waals surface area contributed by atoms with Crippen LogP contribution in [0.15, 0.2) is 102 Å². The summed E-state index contributed by atoms with van der Waals surface area (Å²) in [4.78, 5) is 45.6. The largest absolute Gasteiger partial charge is 0.376 e. The lowest BCUT2D eigenvalue weighted by atomic mass is 9.77. The van der Waals surface area contributed by atoms with Crippen molar-refractivity contribution in [1.82, 2.24) is 10.2 Å². The monoisotopic (exact) mass is 612 g/mol. The topological polar surface area (TPSA) is 75.7 Å². The van der Waals surface area contributed by atoms with Crippen molar-refractivity contribution in [3.8, 4) is 0 Å². The molecule has 1 N–H and O–H groups in total. The van der Waals surface area contributed by atoms with Crippen LogP contribution in [0.3, 0.4) is 0 Å². The summed E-state index contributed by atoms with van der Waals surface area (Å²) in [7, 11) is 0. The molecule has 2 saturated heterocycles. The molecule has 6 nitrogen and oxygen atoms in total. The van der Waals surface area contributed by atoms with Crippen LogP contribution in [0.25, 0.3) is 0 Å². The van der Waals surface area contributed by atoms with Gasteiger partial charge in [-0.25, -0.2) is 0 Å². The Labute approximate surface area is 260 Å². The van der Waals surface area contributed by atoms with Crippen LogP contribution >= 0.6 is 22.9 Å². The maximum atomic E-state index is 14.5. The summed E-state index contributed by atoms with van der Waals surface area (Å²) in [6, 6.07) is 28.5. The number of hydrogen-bond acceptors (Lipinski definition) is 5. The number of thiophene rings is 1. The smallest absolute Gasteiger partial charge is 0.243 e. The minimum atomic E-state index is -0.932. The fourth-order valence-corrected chi connectivity index (χ4v) is 7.32. The molecule has 0 bridgehead atoms.